The van der Waals surface area contributed by atoms with Gasteiger partial charge in [0, 0.05) is 22.5 Å². The molecule has 21 heteroatoms. The standard InChI is InChI=1S/C23H25N5O11S3.2Na/c1-2-41(32,33)9-8-37-7-6-25-23(30)26-15-4-3-5-16(12-15)27-28-22-20-14(11-19(21(22)24)42(34,35)36)10-17(13-18(20)29)40-39-38-31;;/h2-5,10-13,29,31H,1,6-9,24H2,(H2,25,26,30)(H,34,35,36);;/q;2*+1/p-2. The van der Waals surface area contributed by atoms with Crippen LogP contribution < -0.4 is 80.7 Å². The number of nitrogens with one attached hydrogen (secondary N) is 2. The van der Waals surface area contributed by atoms with E-state index in [0.29, 0.717) is 17.7 Å². The van der Waals surface area contributed by atoms with Crippen LogP contribution in [0.15, 0.2) is 74.5 Å². The first-order chi connectivity index (χ1) is 19.8. The SMILES string of the molecule is C=CS(=O)(=O)CCOCCNC(=O)Nc1cccc(N=Nc2c(N)c(S(=O)(=O)[O-])cc3cc(SOO[O-])cc(O)c23)c1.[Na+].[Na+]. The molecule has 0 heterocycles. The Balaban J connectivity index is 0.00000484. The van der Waals surface area contributed by atoms with Crippen molar-refractivity contribution in [3.63, 3.8) is 0 Å². The molecule has 0 fully saturated rings. The first-order valence-corrected chi connectivity index (χ1v) is 15.4. The van der Waals surface area contributed by atoms with Gasteiger partial charge in [0.1, 0.15) is 21.6 Å². The predicted octanol–water partition coefficient (Wildman–Crippen LogP) is -3.62. The van der Waals surface area contributed by atoms with E-state index in [-0.39, 0.29) is 112 Å². The number of urea groups is 1. The number of amides is 2. The van der Waals surface area contributed by atoms with Crippen LogP contribution in [0, 0.1) is 0 Å². The van der Waals surface area contributed by atoms with Gasteiger partial charge < -0.3 is 36.0 Å². The van der Waals surface area contributed by atoms with Crippen LogP contribution in [-0.2, 0) is 34.1 Å². The number of aromatic hydroxyl groups is 1. The minimum absolute atomic E-state index is 0. The van der Waals surface area contributed by atoms with Gasteiger partial charge in [0.05, 0.1) is 52.7 Å². The van der Waals surface area contributed by atoms with E-state index in [0.717, 1.165) is 17.5 Å². The number of benzene rings is 3. The van der Waals surface area contributed by atoms with Gasteiger partial charge in [-0.15, -0.1) is 5.11 Å². The normalized spacial score (nSPS) is 11.5. The third kappa shape index (κ3) is 11.8. The third-order valence-corrected chi connectivity index (χ3v) is 7.93. The Labute approximate surface area is 300 Å². The second-order valence-corrected chi connectivity index (χ2v) is 12.3. The molecule has 3 aromatic carbocycles. The molecule has 3 aromatic rings. The number of rotatable bonds is 14. The average Bonchev–Trinajstić information content (AvgIpc) is 2.92. The molecule has 0 unspecified atom stereocenters. The van der Waals surface area contributed by atoms with Crippen LogP contribution in [0.3, 0.4) is 0 Å². The maximum atomic E-state index is 12.2. The van der Waals surface area contributed by atoms with E-state index < -0.39 is 42.3 Å². The molecule has 0 atom stereocenters. The Bertz CT molecular complexity index is 1730. The minimum Gasteiger partial charge on any atom is -0.744 e. The van der Waals surface area contributed by atoms with E-state index >= 15 is 0 Å². The quantitative estimate of drug-likeness (QED) is 0.0187. The zero-order valence-corrected chi connectivity index (χ0v) is 29.8. The number of nitrogen functional groups attached to an aromatic ring is 1. The van der Waals surface area contributed by atoms with Crippen LogP contribution in [0.1, 0.15) is 0 Å². The summed E-state index contributed by atoms with van der Waals surface area (Å²) < 4.78 is 67.6. The van der Waals surface area contributed by atoms with Gasteiger partial charge in [-0.05, 0) is 41.8 Å². The van der Waals surface area contributed by atoms with Gasteiger partial charge in [0.25, 0.3) is 0 Å². The van der Waals surface area contributed by atoms with Crippen LogP contribution >= 0.6 is 12.0 Å². The molecule has 0 saturated heterocycles. The predicted molar refractivity (Wildman–Crippen MR) is 148 cm³/mol. The number of carbonyl (C=O) groups is 1. The summed E-state index contributed by atoms with van der Waals surface area (Å²) in [5.41, 5.74) is 5.53. The van der Waals surface area contributed by atoms with Gasteiger partial charge in [0.15, 0.2) is 9.84 Å². The van der Waals surface area contributed by atoms with Crippen molar-refractivity contribution in [1.82, 2.24) is 5.32 Å². The van der Waals surface area contributed by atoms with Crippen LogP contribution in [0.2, 0.25) is 0 Å². The third-order valence-electron chi connectivity index (χ3n) is 5.26. The van der Waals surface area contributed by atoms with Crippen LogP contribution in [0.4, 0.5) is 27.5 Å². The summed E-state index contributed by atoms with van der Waals surface area (Å²) in [5, 5.41) is 37.9. The number of carbonyl (C=O) groups excluding carboxylic acids is 1. The van der Waals surface area contributed by atoms with Crippen LogP contribution in [-0.4, -0.2) is 58.0 Å². The number of ether oxygens (including phenoxy) is 1. The van der Waals surface area contributed by atoms with Gasteiger partial charge in [-0.1, -0.05) is 12.6 Å². The molecule has 0 spiro atoms. The summed E-state index contributed by atoms with van der Waals surface area (Å²) >= 11 is 0.420. The molecular weight excluding hydrogens is 664 g/mol. The number of azo groups is 1. The van der Waals surface area contributed by atoms with Crippen molar-refractivity contribution in [1.29, 1.82) is 0 Å². The maximum absolute atomic E-state index is 12.2. The Morgan fingerprint density at radius 2 is 1.84 bits per heavy atom. The molecule has 3 rings (SSSR count). The molecule has 16 nitrogen and oxygen atoms in total. The van der Waals surface area contributed by atoms with E-state index in [1.807, 2.05) is 0 Å². The largest absolute Gasteiger partial charge is 1.00 e. The van der Waals surface area contributed by atoms with E-state index in [1.54, 1.807) is 6.07 Å². The second kappa shape index (κ2) is 18.4. The molecule has 0 radical (unpaired) electrons. The fourth-order valence-electron chi connectivity index (χ4n) is 3.40. The molecule has 0 aliphatic rings. The van der Waals surface area contributed by atoms with Gasteiger partial charge >= 0.3 is 65.1 Å². The summed E-state index contributed by atoms with van der Waals surface area (Å²) in [6.45, 7) is 3.29. The van der Waals surface area contributed by atoms with Crippen molar-refractivity contribution in [2.75, 3.05) is 36.6 Å². The Kier molecular flexibility index (Phi) is 16.8. The summed E-state index contributed by atoms with van der Waals surface area (Å²) in [6, 6.07) is 8.79. The summed E-state index contributed by atoms with van der Waals surface area (Å²) in [6.07, 6.45) is 0. The van der Waals surface area contributed by atoms with Crippen LogP contribution in [0.25, 0.3) is 10.8 Å². The Morgan fingerprint density at radius 3 is 2.50 bits per heavy atom. The van der Waals surface area contributed by atoms with E-state index in [9.17, 15) is 36.5 Å². The number of nitrogens with two attached hydrogens (primary N) is 1. The van der Waals surface area contributed by atoms with Crippen molar-refractivity contribution in [2.45, 2.75) is 9.79 Å². The fraction of sp³-hybridized carbons (Fsp3) is 0.174. The summed E-state index contributed by atoms with van der Waals surface area (Å²) in [5.74, 6) is -0.673. The van der Waals surface area contributed by atoms with Crippen LogP contribution in [0.5, 0.6) is 5.75 Å². The van der Waals surface area contributed by atoms with Crippen molar-refractivity contribution >= 4 is 71.6 Å². The first kappa shape index (κ1) is 40.2. The number of phenolic OH excluding ortho intramolecular Hbond substituents is 1. The minimum atomic E-state index is -5.08. The zero-order valence-electron chi connectivity index (χ0n) is 23.4. The molecule has 0 aliphatic heterocycles. The van der Waals surface area contributed by atoms with Crippen molar-refractivity contribution in [3.8, 4) is 5.75 Å². The number of hydrogen-bond donors (Lipinski definition) is 4. The van der Waals surface area contributed by atoms with E-state index in [2.05, 4.69) is 36.8 Å². The Morgan fingerprint density at radius 1 is 1.11 bits per heavy atom. The molecule has 5 N–H and O–H groups in total. The zero-order chi connectivity index (χ0) is 30.9. The number of nitrogens with zero attached hydrogens (tertiary/aromatic N) is 2. The number of anilines is 2. The molecule has 0 saturated carbocycles. The molecular formula is C23H23N5Na2O11S3. The topological polar surface area (TPSA) is 254 Å². The smallest absolute Gasteiger partial charge is 0.744 e. The van der Waals surface area contributed by atoms with Crippen molar-refractivity contribution in [3.05, 3.63) is 54.5 Å². The summed E-state index contributed by atoms with van der Waals surface area (Å²) in [4.78, 5) is 11.5. The molecule has 44 heavy (non-hydrogen) atoms. The van der Waals surface area contributed by atoms with Gasteiger partial charge in [-0.25, -0.2) is 21.6 Å². The maximum Gasteiger partial charge on any atom is 1.00 e. The molecule has 0 aromatic heterocycles. The molecule has 226 valence electrons. The fourth-order valence-corrected chi connectivity index (χ4v) is 5.00. The number of phenols is 1. The van der Waals surface area contributed by atoms with Gasteiger partial charge in [0.2, 0.25) is 0 Å². The monoisotopic (exact) mass is 687 g/mol. The number of hydrogen-bond acceptors (Lipinski definition) is 15. The molecule has 0 aliphatic carbocycles. The first-order valence-electron chi connectivity index (χ1n) is 11.5. The Hall–Kier alpha value is -1.82. The number of fused-ring (bicyclic) bond motifs is 1. The average molecular weight is 688 g/mol. The van der Waals surface area contributed by atoms with Crippen molar-refractivity contribution < 1.29 is 110 Å². The summed E-state index contributed by atoms with van der Waals surface area (Å²) in [7, 11) is -8.46. The van der Waals surface area contributed by atoms with E-state index in [1.165, 1.54) is 24.3 Å². The second-order valence-electron chi connectivity index (χ2n) is 8.13. The van der Waals surface area contributed by atoms with Crippen molar-refractivity contribution in [2.24, 2.45) is 10.2 Å². The molecule has 0 bridgehead atoms. The molecule has 2 amide bonds. The van der Waals surface area contributed by atoms with Gasteiger partial charge in [-0.3, -0.25) is 5.04 Å². The number of sulfone groups is 1. The van der Waals surface area contributed by atoms with Gasteiger partial charge in [-0.2, -0.15) is 9.45 Å². The van der Waals surface area contributed by atoms with E-state index in [4.69, 9.17) is 10.5 Å².